The molecule has 2 saturated heterocycles. The molecule has 42 heavy (non-hydrogen) atoms. The Bertz CT molecular complexity index is 1220. The molecule has 230 valence electrons. The van der Waals surface area contributed by atoms with Crippen LogP contribution < -0.4 is 4.74 Å². The van der Waals surface area contributed by atoms with Gasteiger partial charge in [-0.2, -0.15) is 0 Å². The van der Waals surface area contributed by atoms with Gasteiger partial charge in [-0.05, 0) is 73.5 Å². The average molecular weight is 595 g/mol. The molecule has 6 atom stereocenters. The Balaban J connectivity index is 1.38. The number of fused-ring (bicyclic) bond motifs is 1. The van der Waals surface area contributed by atoms with E-state index in [2.05, 4.69) is 50.9 Å². The standard InChI is InChI=1S/C34H50N2O5Si/c1-33(2,3)42(6,7)41-30-17-18-34-20-26(35(4)32(38)40-23-25-11-9-8-10-12-25)22-36(34)29(31(37)28(30)21-34)19-24-13-15-27(39-5)16-14-24/h8-16,26,28-31,37H,17-23H2,1-7H3/t26-,28-,29-,30-,31-,34+/m0/s1. The molecule has 2 aromatic rings. The third-order valence-electron chi connectivity index (χ3n) is 10.7. The van der Waals surface area contributed by atoms with Crippen LogP contribution in [-0.2, 0) is 22.2 Å². The molecule has 7 nitrogen and oxygen atoms in total. The molecule has 8 heteroatoms. The number of likely N-dealkylation sites (N-methyl/N-ethyl adjacent to an activating group) is 1. The van der Waals surface area contributed by atoms with E-state index in [1.54, 1.807) is 12.0 Å². The molecule has 2 aromatic carbocycles. The third-order valence-corrected chi connectivity index (χ3v) is 15.3. The number of rotatable bonds is 8. The van der Waals surface area contributed by atoms with E-state index in [4.69, 9.17) is 13.9 Å². The van der Waals surface area contributed by atoms with E-state index in [0.29, 0.717) is 0 Å². The number of ether oxygens (including phenoxy) is 2. The second-order valence-corrected chi connectivity index (χ2v) is 19.1. The summed E-state index contributed by atoms with van der Waals surface area (Å²) in [7, 11) is 1.53. The van der Waals surface area contributed by atoms with Crippen LogP contribution in [0.1, 0.15) is 57.6 Å². The molecule has 0 radical (unpaired) electrons. The van der Waals surface area contributed by atoms with Gasteiger partial charge in [-0.15, -0.1) is 0 Å². The lowest BCUT2D eigenvalue weighted by Crippen LogP contribution is -2.67. The Labute approximate surface area is 253 Å². The van der Waals surface area contributed by atoms with Gasteiger partial charge in [0.05, 0.1) is 19.3 Å². The van der Waals surface area contributed by atoms with Gasteiger partial charge in [0, 0.05) is 37.1 Å². The van der Waals surface area contributed by atoms with Crippen LogP contribution in [0.25, 0.3) is 0 Å². The van der Waals surface area contributed by atoms with Crippen LogP contribution in [0.15, 0.2) is 54.6 Å². The van der Waals surface area contributed by atoms with Crippen molar-refractivity contribution in [2.24, 2.45) is 5.92 Å². The predicted octanol–water partition coefficient (Wildman–Crippen LogP) is 6.25. The van der Waals surface area contributed by atoms with Crippen molar-refractivity contribution in [1.82, 2.24) is 9.80 Å². The fourth-order valence-corrected chi connectivity index (χ4v) is 8.65. The smallest absolute Gasteiger partial charge is 0.410 e. The number of aliphatic hydroxyl groups excluding tert-OH is 1. The summed E-state index contributed by atoms with van der Waals surface area (Å²) in [5.41, 5.74) is 2.09. The Morgan fingerprint density at radius 1 is 1.07 bits per heavy atom. The third kappa shape index (κ3) is 6.14. The van der Waals surface area contributed by atoms with Crippen molar-refractivity contribution < 1.29 is 23.8 Å². The largest absolute Gasteiger partial charge is 0.497 e. The molecule has 1 spiro atoms. The summed E-state index contributed by atoms with van der Waals surface area (Å²) < 4.78 is 18.1. The normalized spacial score (nSPS) is 29.6. The Morgan fingerprint density at radius 3 is 2.40 bits per heavy atom. The first-order chi connectivity index (χ1) is 19.8. The lowest BCUT2D eigenvalue weighted by Gasteiger charge is -2.58. The summed E-state index contributed by atoms with van der Waals surface area (Å²) in [6.45, 7) is 12.5. The molecule has 2 aliphatic heterocycles. The molecule has 0 aromatic heterocycles. The zero-order chi connectivity index (χ0) is 30.3. The maximum atomic E-state index is 13.2. The van der Waals surface area contributed by atoms with Crippen LogP contribution in [-0.4, -0.2) is 79.8 Å². The molecule has 0 unspecified atom stereocenters. The first kappa shape index (κ1) is 31.0. The quantitative estimate of drug-likeness (QED) is 0.364. The van der Waals surface area contributed by atoms with Crippen molar-refractivity contribution in [3.05, 3.63) is 65.7 Å². The number of carbonyl (C=O) groups excluding carboxylic acids is 1. The van der Waals surface area contributed by atoms with E-state index in [-0.39, 0.29) is 47.4 Å². The molecular formula is C34H50N2O5Si. The summed E-state index contributed by atoms with van der Waals surface area (Å²) in [6.07, 6.45) is 3.73. The topological polar surface area (TPSA) is 71.5 Å². The van der Waals surface area contributed by atoms with Crippen LogP contribution in [0, 0.1) is 5.92 Å². The lowest BCUT2D eigenvalue weighted by molar-refractivity contribution is -0.143. The fraction of sp³-hybridized carbons (Fsp3) is 0.618. The van der Waals surface area contributed by atoms with E-state index in [0.717, 1.165) is 50.0 Å². The summed E-state index contributed by atoms with van der Waals surface area (Å²) in [6, 6.07) is 18.0. The fourth-order valence-electron chi connectivity index (χ4n) is 7.25. The average Bonchev–Trinajstić information content (AvgIpc) is 3.33. The molecule has 5 rings (SSSR count). The van der Waals surface area contributed by atoms with E-state index >= 15 is 0 Å². The number of methoxy groups -OCH3 is 1. The van der Waals surface area contributed by atoms with Gasteiger partial charge in [0.25, 0.3) is 0 Å². The van der Waals surface area contributed by atoms with Gasteiger partial charge in [0.15, 0.2) is 8.32 Å². The first-order valence-corrected chi connectivity index (χ1v) is 18.4. The molecule has 1 amide bonds. The van der Waals surface area contributed by atoms with Gasteiger partial charge >= 0.3 is 6.09 Å². The number of hydrogen-bond acceptors (Lipinski definition) is 6. The van der Waals surface area contributed by atoms with Crippen molar-refractivity contribution in [3.63, 3.8) is 0 Å². The van der Waals surface area contributed by atoms with E-state index in [1.165, 1.54) is 5.56 Å². The van der Waals surface area contributed by atoms with Gasteiger partial charge in [0.1, 0.15) is 12.4 Å². The van der Waals surface area contributed by atoms with Gasteiger partial charge in [0.2, 0.25) is 0 Å². The highest BCUT2D eigenvalue weighted by molar-refractivity contribution is 6.74. The highest BCUT2D eigenvalue weighted by Crippen LogP contribution is 2.53. The number of aliphatic hydroxyl groups is 1. The minimum atomic E-state index is -2.01. The minimum Gasteiger partial charge on any atom is -0.497 e. The number of benzene rings is 2. The van der Waals surface area contributed by atoms with Crippen LogP contribution in [0.2, 0.25) is 18.1 Å². The monoisotopic (exact) mass is 594 g/mol. The molecular weight excluding hydrogens is 544 g/mol. The highest BCUT2D eigenvalue weighted by Gasteiger charge is 2.60. The zero-order valence-corrected chi connectivity index (χ0v) is 27.5. The zero-order valence-electron chi connectivity index (χ0n) is 26.5. The van der Waals surface area contributed by atoms with Crippen LogP contribution in [0.4, 0.5) is 4.79 Å². The highest BCUT2D eigenvalue weighted by atomic mass is 28.4. The van der Waals surface area contributed by atoms with E-state index in [1.807, 2.05) is 49.5 Å². The molecule has 2 bridgehead atoms. The van der Waals surface area contributed by atoms with Crippen molar-refractivity contribution in [2.45, 2.75) is 107 Å². The van der Waals surface area contributed by atoms with Crippen molar-refractivity contribution in [1.29, 1.82) is 0 Å². The van der Waals surface area contributed by atoms with Crippen molar-refractivity contribution in [2.75, 3.05) is 20.7 Å². The van der Waals surface area contributed by atoms with E-state index in [9.17, 15) is 9.90 Å². The second-order valence-electron chi connectivity index (χ2n) is 14.3. The van der Waals surface area contributed by atoms with Gasteiger partial charge in [-0.1, -0.05) is 63.2 Å². The summed E-state index contributed by atoms with van der Waals surface area (Å²) >= 11 is 0. The molecule has 1 aliphatic carbocycles. The maximum Gasteiger partial charge on any atom is 0.410 e. The number of carbonyl (C=O) groups is 1. The van der Waals surface area contributed by atoms with Crippen molar-refractivity contribution >= 4 is 14.4 Å². The number of piperidine rings is 1. The van der Waals surface area contributed by atoms with Gasteiger partial charge < -0.3 is 23.9 Å². The molecule has 1 saturated carbocycles. The van der Waals surface area contributed by atoms with Crippen molar-refractivity contribution in [3.8, 4) is 5.75 Å². The predicted molar refractivity (Wildman–Crippen MR) is 168 cm³/mol. The summed E-state index contributed by atoms with van der Waals surface area (Å²) in [5.74, 6) is 0.900. The van der Waals surface area contributed by atoms with Gasteiger partial charge in [-0.3, -0.25) is 4.90 Å². The SMILES string of the molecule is COc1ccc(C[C@H]2[C@@H](O)[C@H]3C[C@@]4(CC[C@@H]3O[Si](C)(C)C(C)(C)C)C[C@H](N(C)C(=O)OCc3ccccc3)CN24)cc1. The van der Waals surface area contributed by atoms with E-state index < -0.39 is 14.4 Å². The number of nitrogens with zero attached hydrogens (tertiary/aromatic N) is 2. The maximum absolute atomic E-state index is 13.2. The molecule has 3 fully saturated rings. The summed E-state index contributed by atoms with van der Waals surface area (Å²) in [5, 5.41) is 12.2. The lowest BCUT2D eigenvalue weighted by atomic mass is 9.65. The second kappa shape index (κ2) is 11.9. The number of hydrogen-bond donors (Lipinski definition) is 1. The minimum absolute atomic E-state index is 0.0236. The Hall–Kier alpha value is -2.39. The van der Waals surface area contributed by atoms with Gasteiger partial charge in [-0.25, -0.2) is 4.79 Å². The van der Waals surface area contributed by atoms with Crippen LogP contribution in [0.5, 0.6) is 5.75 Å². The van der Waals surface area contributed by atoms with Crippen LogP contribution >= 0.6 is 0 Å². The molecule has 3 aliphatic rings. The summed E-state index contributed by atoms with van der Waals surface area (Å²) in [4.78, 5) is 17.5. The first-order valence-electron chi connectivity index (χ1n) is 15.5. The Kier molecular flexibility index (Phi) is 8.83. The van der Waals surface area contributed by atoms with Crippen LogP contribution in [0.3, 0.4) is 0 Å². The molecule has 2 heterocycles. The Morgan fingerprint density at radius 2 is 1.76 bits per heavy atom. The molecule has 1 N–H and O–H groups in total. The number of amides is 1.